The van der Waals surface area contributed by atoms with Gasteiger partial charge in [-0.25, -0.2) is 0 Å². The minimum Gasteiger partial charge on any atom is -0.494 e. The molecule has 0 aliphatic heterocycles. The van der Waals surface area contributed by atoms with Crippen molar-refractivity contribution < 1.29 is 14.3 Å². The van der Waals surface area contributed by atoms with E-state index in [9.17, 15) is 4.79 Å². The van der Waals surface area contributed by atoms with Crippen LogP contribution in [-0.2, 0) is 11.4 Å². The number of ether oxygens (including phenoxy) is 2. The van der Waals surface area contributed by atoms with Gasteiger partial charge in [0.05, 0.1) is 6.61 Å². The molecule has 0 aromatic heterocycles. The highest BCUT2D eigenvalue weighted by Crippen LogP contribution is 2.18. The SMILES string of the molecule is CCOc1ccc(/C=C/C(=O)Nc2ccc(OCc3ccc(Cl)cc3)cc2)cc1. The number of nitrogens with one attached hydrogen (secondary N) is 1. The molecule has 4 nitrogen and oxygen atoms in total. The first kappa shape index (κ1) is 20.5. The summed E-state index contributed by atoms with van der Waals surface area (Å²) in [6.07, 6.45) is 3.26. The lowest BCUT2D eigenvalue weighted by Crippen LogP contribution is -2.07. The fraction of sp³-hybridized carbons (Fsp3) is 0.125. The third-order valence-electron chi connectivity index (χ3n) is 4.06. The molecule has 0 saturated heterocycles. The number of carbonyl (C=O) groups excluding carboxylic acids is 1. The molecule has 148 valence electrons. The molecule has 0 aliphatic carbocycles. The average molecular weight is 408 g/mol. The van der Waals surface area contributed by atoms with E-state index >= 15 is 0 Å². The lowest BCUT2D eigenvalue weighted by molar-refractivity contribution is -0.111. The summed E-state index contributed by atoms with van der Waals surface area (Å²) in [5.41, 5.74) is 2.66. The Morgan fingerprint density at radius 2 is 1.52 bits per heavy atom. The summed E-state index contributed by atoms with van der Waals surface area (Å²) in [4.78, 5) is 12.1. The maximum Gasteiger partial charge on any atom is 0.248 e. The second-order valence-corrected chi connectivity index (χ2v) is 6.70. The molecular formula is C24H22ClNO3. The van der Waals surface area contributed by atoms with Gasteiger partial charge in [-0.05, 0) is 72.7 Å². The summed E-state index contributed by atoms with van der Waals surface area (Å²) in [6.45, 7) is 3.02. The number of hydrogen-bond acceptors (Lipinski definition) is 3. The van der Waals surface area contributed by atoms with Crippen molar-refractivity contribution in [2.45, 2.75) is 13.5 Å². The molecule has 0 bridgehead atoms. The second-order valence-electron chi connectivity index (χ2n) is 6.26. The predicted octanol–water partition coefficient (Wildman–Crippen LogP) is 5.97. The summed E-state index contributed by atoms with van der Waals surface area (Å²) < 4.78 is 11.1. The Morgan fingerprint density at radius 3 is 2.17 bits per heavy atom. The van der Waals surface area contributed by atoms with Gasteiger partial charge in [0.1, 0.15) is 18.1 Å². The van der Waals surface area contributed by atoms with Crippen molar-refractivity contribution in [3.63, 3.8) is 0 Å². The number of halogens is 1. The Bertz CT molecular complexity index is 949. The van der Waals surface area contributed by atoms with Crippen molar-refractivity contribution in [1.29, 1.82) is 0 Å². The minimum absolute atomic E-state index is 0.200. The fourth-order valence-corrected chi connectivity index (χ4v) is 2.71. The zero-order chi connectivity index (χ0) is 20.5. The van der Waals surface area contributed by atoms with Gasteiger partial charge in [0.2, 0.25) is 5.91 Å². The first-order chi connectivity index (χ1) is 14.1. The van der Waals surface area contributed by atoms with Crippen LogP contribution >= 0.6 is 11.6 Å². The first-order valence-corrected chi connectivity index (χ1v) is 9.69. The van der Waals surface area contributed by atoms with E-state index in [0.717, 1.165) is 22.6 Å². The van der Waals surface area contributed by atoms with Crippen LogP contribution in [0.15, 0.2) is 78.9 Å². The summed E-state index contributed by atoms with van der Waals surface area (Å²) in [5.74, 6) is 1.34. The fourth-order valence-electron chi connectivity index (χ4n) is 2.58. The Morgan fingerprint density at radius 1 is 0.897 bits per heavy atom. The summed E-state index contributed by atoms with van der Waals surface area (Å²) >= 11 is 5.88. The van der Waals surface area contributed by atoms with Crippen molar-refractivity contribution in [1.82, 2.24) is 0 Å². The van der Waals surface area contributed by atoms with E-state index in [2.05, 4.69) is 5.32 Å². The predicted molar refractivity (Wildman–Crippen MR) is 118 cm³/mol. The summed E-state index contributed by atoms with van der Waals surface area (Å²) in [6, 6.07) is 22.3. The van der Waals surface area contributed by atoms with Crippen LogP contribution in [-0.4, -0.2) is 12.5 Å². The third-order valence-corrected chi connectivity index (χ3v) is 4.31. The average Bonchev–Trinajstić information content (AvgIpc) is 2.74. The van der Waals surface area contributed by atoms with Crippen molar-refractivity contribution in [2.24, 2.45) is 0 Å². The van der Waals surface area contributed by atoms with Crippen molar-refractivity contribution in [3.8, 4) is 11.5 Å². The van der Waals surface area contributed by atoms with Crippen molar-refractivity contribution in [3.05, 3.63) is 95.0 Å². The highest BCUT2D eigenvalue weighted by molar-refractivity contribution is 6.30. The molecule has 1 N–H and O–H groups in total. The molecule has 0 unspecified atom stereocenters. The zero-order valence-electron chi connectivity index (χ0n) is 16.1. The molecule has 29 heavy (non-hydrogen) atoms. The maximum absolute atomic E-state index is 12.1. The highest BCUT2D eigenvalue weighted by Gasteiger charge is 2.01. The molecule has 3 aromatic rings. The van der Waals surface area contributed by atoms with Crippen LogP contribution < -0.4 is 14.8 Å². The van der Waals surface area contributed by atoms with Gasteiger partial charge in [0.25, 0.3) is 0 Å². The molecule has 0 saturated carbocycles. The third kappa shape index (κ3) is 6.70. The Kier molecular flexibility index (Phi) is 7.31. The van der Waals surface area contributed by atoms with E-state index in [0.29, 0.717) is 23.9 Å². The topological polar surface area (TPSA) is 47.6 Å². The van der Waals surface area contributed by atoms with Crippen LogP contribution in [0, 0.1) is 0 Å². The number of benzene rings is 3. The monoisotopic (exact) mass is 407 g/mol. The molecule has 0 fully saturated rings. The minimum atomic E-state index is -0.200. The molecule has 5 heteroatoms. The number of anilines is 1. The molecular weight excluding hydrogens is 386 g/mol. The molecule has 0 spiro atoms. The Hall–Kier alpha value is -3.24. The van der Waals surface area contributed by atoms with E-state index in [1.807, 2.05) is 67.6 Å². The molecule has 3 aromatic carbocycles. The molecule has 0 heterocycles. The lowest BCUT2D eigenvalue weighted by Gasteiger charge is -2.08. The molecule has 0 atom stereocenters. The van der Waals surface area contributed by atoms with E-state index in [1.54, 1.807) is 18.2 Å². The quantitative estimate of drug-likeness (QED) is 0.468. The van der Waals surface area contributed by atoms with Gasteiger partial charge in [-0.15, -0.1) is 0 Å². The number of carbonyl (C=O) groups is 1. The van der Waals surface area contributed by atoms with Crippen LogP contribution in [0.3, 0.4) is 0 Å². The lowest BCUT2D eigenvalue weighted by atomic mass is 10.2. The Labute approximate surface area is 175 Å². The second kappa shape index (κ2) is 10.3. The van der Waals surface area contributed by atoms with Gasteiger partial charge in [0.15, 0.2) is 0 Å². The molecule has 3 rings (SSSR count). The van der Waals surface area contributed by atoms with Crippen LogP contribution in [0.1, 0.15) is 18.1 Å². The van der Waals surface area contributed by atoms with Crippen LogP contribution in [0.2, 0.25) is 5.02 Å². The molecule has 0 aliphatic rings. The van der Waals surface area contributed by atoms with Crippen LogP contribution in [0.5, 0.6) is 11.5 Å². The van der Waals surface area contributed by atoms with Crippen LogP contribution in [0.4, 0.5) is 5.69 Å². The first-order valence-electron chi connectivity index (χ1n) is 9.31. The maximum atomic E-state index is 12.1. The van der Waals surface area contributed by atoms with Gasteiger partial charge >= 0.3 is 0 Å². The summed E-state index contributed by atoms with van der Waals surface area (Å²) in [7, 11) is 0. The normalized spacial score (nSPS) is 10.7. The number of amides is 1. The zero-order valence-corrected chi connectivity index (χ0v) is 16.9. The van der Waals surface area contributed by atoms with Gasteiger partial charge in [-0.1, -0.05) is 35.9 Å². The smallest absolute Gasteiger partial charge is 0.248 e. The Balaban J connectivity index is 1.49. The largest absolute Gasteiger partial charge is 0.494 e. The van der Waals surface area contributed by atoms with Gasteiger partial charge in [-0.2, -0.15) is 0 Å². The highest BCUT2D eigenvalue weighted by atomic mass is 35.5. The number of hydrogen-bond donors (Lipinski definition) is 1. The van der Waals surface area contributed by atoms with Crippen molar-refractivity contribution in [2.75, 3.05) is 11.9 Å². The van der Waals surface area contributed by atoms with E-state index in [1.165, 1.54) is 6.08 Å². The van der Waals surface area contributed by atoms with Gasteiger partial charge < -0.3 is 14.8 Å². The van der Waals surface area contributed by atoms with Crippen molar-refractivity contribution >= 4 is 29.3 Å². The van der Waals surface area contributed by atoms with E-state index in [4.69, 9.17) is 21.1 Å². The van der Waals surface area contributed by atoms with E-state index < -0.39 is 0 Å². The van der Waals surface area contributed by atoms with Gasteiger partial charge in [-0.3, -0.25) is 4.79 Å². The molecule has 1 amide bonds. The summed E-state index contributed by atoms with van der Waals surface area (Å²) in [5, 5.41) is 3.53. The molecule has 0 radical (unpaired) electrons. The van der Waals surface area contributed by atoms with E-state index in [-0.39, 0.29) is 5.91 Å². The van der Waals surface area contributed by atoms with Crippen LogP contribution in [0.25, 0.3) is 6.08 Å². The number of rotatable bonds is 8. The van der Waals surface area contributed by atoms with Gasteiger partial charge in [0, 0.05) is 16.8 Å². The standard InChI is InChI=1S/C24H22ClNO3/c1-2-28-22-12-5-18(6-13-22)7-16-24(27)26-21-10-14-23(15-11-21)29-17-19-3-8-20(25)9-4-19/h3-16H,2,17H2,1H3,(H,26,27)/b16-7+.